The maximum atomic E-state index is 11.7. The molecular formula is C9H9F2O. The average Bonchev–Trinajstić information content (AvgIpc) is 2.01. The van der Waals surface area contributed by atoms with Gasteiger partial charge in [-0.25, -0.2) is 8.78 Å². The van der Waals surface area contributed by atoms with Crippen LogP contribution in [-0.2, 0) is 0 Å². The number of alkyl halides is 2. The van der Waals surface area contributed by atoms with Gasteiger partial charge in [-0.15, -0.1) is 0 Å². The average molecular weight is 171 g/mol. The van der Waals surface area contributed by atoms with Gasteiger partial charge in [-0.2, -0.15) is 0 Å². The molecule has 0 bridgehead atoms. The third-order valence-corrected chi connectivity index (χ3v) is 1.28. The molecule has 0 N–H and O–H groups in total. The van der Waals surface area contributed by atoms with Crippen molar-refractivity contribution in [3.63, 3.8) is 0 Å². The highest BCUT2D eigenvalue weighted by Gasteiger charge is 2.02. The van der Waals surface area contributed by atoms with Crippen LogP contribution < -0.4 is 4.74 Å². The normalized spacial score (nSPS) is 10.3. The second kappa shape index (κ2) is 4.04. The molecule has 0 atom stereocenters. The Balaban J connectivity index is 2.52. The van der Waals surface area contributed by atoms with Gasteiger partial charge in [0.15, 0.2) is 0 Å². The Hall–Kier alpha value is -1.12. The molecule has 0 amide bonds. The molecule has 1 aromatic carbocycles. The molecule has 0 aliphatic rings. The summed E-state index contributed by atoms with van der Waals surface area (Å²) in [6.45, 7) is 1.29. The molecule has 0 fully saturated rings. The van der Waals surface area contributed by atoms with E-state index in [-0.39, 0.29) is 0 Å². The summed E-state index contributed by atoms with van der Waals surface area (Å²) in [5.74, 6) is 0.440. The number of ether oxygens (including phenoxy) is 1. The van der Waals surface area contributed by atoms with E-state index >= 15 is 0 Å². The summed E-state index contributed by atoms with van der Waals surface area (Å²) in [5.41, 5.74) is 0.946. The van der Waals surface area contributed by atoms with E-state index in [1.807, 2.05) is 6.92 Å². The van der Waals surface area contributed by atoms with Crippen molar-refractivity contribution in [2.75, 3.05) is 6.61 Å². The number of hydrogen-bond donors (Lipinski definition) is 0. The molecule has 0 heterocycles. The summed E-state index contributed by atoms with van der Waals surface area (Å²) < 4.78 is 28.1. The van der Waals surface area contributed by atoms with Gasteiger partial charge >= 0.3 is 0 Å². The molecule has 0 aliphatic carbocycles. The zero-order valence-corrected chi connectivity index (χ0v) is 6.68. The van der Waals surface area contributed by atoms with Crippen LogP contribution in [0.25, 0.3) is 0 Å². The van der Waals surface area contributed by atoms with Crippen LogP contribution in [0.5, 0.6) is 5.75 Å². The molecule has 1 radical (unpaired) electrons. The fraction of sp³-hybridized carbons (Fsp3) is 0.333. The smallest absolute Gasteiger partial charge is 0.272 e. The number of hydrogen-bond acceptors (Lipinski definition) is 1. The first-order chi connectivity index (χ1) is 5.68. The predicted octanol–water partition coefficient (Wildman–Crippen LogP) is 2.44. The van der Waals surface area contributed by atoms with Crippen LogP contribution in [0.1, 0.15) is 5.56 Å². The highest BCUT2D eigenvalue weighted by atomic mass is 19.3. The van der Waals surface area contributed by atoms with Crippen molar-refractivity contribution < 1.29 is 13.5 Å². The molecular weight excluding hydrogens is 162 g/mol. The van der Waals surface area contributed by atoms with Gasteiger partial charge in [0.1, 0.15) is 12.4 Å². The number of aryl methyl sites for hydroxylation is 1. The lowest BCUT2D eigenvalue weighted by molar-refractivity contribution is 0.0818. The summed E-state index contributed by atoms with van der Waals surface area (Å²) in [5, 5.41) is 0. The molecule has 0 saturated heterocycles. The Morgan fingerprint density at radius 1 is 1.50 bits per heavy atom. The Morgan fingerprint density at radius 3 is 2.83 bits per heavy atom. The maximum absolute atomic E-state index is 11.7. The van der Waals surface area contributed by atoms with E-state index in [0.29, 0.717) is 5.75 Å². The van der Waals surface area contributed by atoms with E-state index in [9.17, 15) is 8.78 Å². The topological polar surface area (TPSA) is 9.23 Å². The summed E-state index contributed by atoms with van der Waals surface area (Å²) >= 11 is 0. The minimum Gasteiger partial charge on any atom is -0.488 e. The molecule has 0 saturated carbocycles. The molecule has 1 rings (SSSR count). The third kappa shape index (κ3) is 2.86. The fourth-order valence-corrected chi connectivity index (χ4v) is 0.806. The van der Waals surface area contributed by atoms with Crippen LogP contribution in [0.2, 0.25) is 0 Å². The predicted molar refractivity (Wildman–Crippen MR) is 41.5 cm³/mol. The van der Waals surface area contributed by atoms with Crippen molar-refractivity contribution in [2.45, 2.75) is 13.3 Å². The van der Waals surface area contributed by atoms with Gasteiger partial charge in [0.05, 0.1) is 0 Å². The van der Waals surface area contributed by atoms with Crippen LogP contribution in [-0.4, -0.2) is 13.0 Å². The van der Waals surface area contributed by atoms with E-state index in [4.69, 9.17) is 4.74 Å². The maximum Gasteiger partial charge on any atom is 0.272 e. The van der Waals surface area contributed by atoms with Crippen LogP contribution in [0, 0.1) is 13.0 Å². The lowest BCUT2D eigenvalue weighted by Crippen LogP contribution is -2.06. The van der Waals surface area contributed by atoms with Crippen molar-refractivity contribution in [2.24, 2.45) is 0 Å². The Kier molecular flexibility index (Phi) is 3.02. The molecule has 3 heteroatoms. The fourth-order valence-electron chi connectivity index (χ4n) is 0.806. The van der Waals surface area contributed by atoms with Gasteiger partial charge in [-0.1, -0.05) is 6.07 Å². The van der Waals surface area contributed by atoms with Gasteiger partial charge in [-0.05, 0) is 30.7 Å². The Bertz CT molecular complexity index is 248. The number of halogens is 2. The quantitative estimate of drug-likeness (QED) is 0.678. The van der Waals surface area contributed by atoms with E-state index in [0.717, 1.165) is 5.56 Å². The Labute approximate surface area is 70.0 Å². The van der Waals surface area contributed by atoms with Crippen molar-refractivity contribution in [3.05, 3.63) is 29.8 Å². The van der Waals surface area contributed by atoms with Gasteiger partial charge < -0.3 is 4.74 Å². The molecule has 0 aromatic heterocycles. The monoisotopic (exact) mass is 171 g/mol. The zero-order chi connectivity index (χ0) is 8.97. The standard InChI is InChI=1S/C9H9F2O/c1-7-3-2-4-8(5-7)12-6-9(10)11/h3-5,9H,6H2,1H3. The van der Waals surface area contributed by atoms with E-state index in [2.05, 4.69) is 6.07 Å². The van der Waals surface area contributed by atoms with Crippen molar-refractivity contribution >= 4 is 0 Å². The molecule has 65 valence electrons. The largest absolute Gasteiger partial charge is 0.488 e. The zero-order valence-electron chi connectivity index (χ0n) is 6.68. The molecule has 12 heavy (non-hydrogen) atoms. The molecule has 1 nitrogen and oxygen atoms in total. The van der Waals surface area contributed by atoms with Gasteiger partial charge in [0.2, 0.25) is 0 Å². The minimum atomic E-state index is -2.43. The lowest BCUT2D eigenvalue weighted by atomic mass is 10.2. The SMILES string of the molecule is Cc1c[c]cc(OCC(F)F)c1. The summed E-state index contributed by atoms with van der Waals surface area (Å²) in [6.07, 6.45) is -2.43. The number of benzene rings is 1. The van der Waals surface area contributed by atoms with Crippen LogP contribution in [0.15, 0.2) is 18.2 Å². The molecule has 0 aliphatic heterocycles. The van der Waals surface area contributed by atoms with E-state index in [1.54, 1.807) is 12.1 Å². The summed E-state index contributed by atoms with van der Waals surface area (Å²) in [6, 6.07) is 7.77. The number of rotatable bonds is 3. The first kappa shape index (κ1) is 8.97. The van der Waals surface area contributed by atoms with Crippen molar-refractivity contribution in [1.29, 1.82) is 0 Å². The first-order valence-electron chi connectivity index (χ1n) is 3.57. The Morgan fingerprint density at radius 2 is 2.25 bits per heavy atom. The van der Waals surface area contributed by atoms with Gasteiger partial charge in [0.25, 0.3) is 6.43 Å². The van der Waals surface area contributed by atoms with Crippen molar-refractivity contribution in [3.8, 4) is 5.75 Å². The second-order valence-electron chi connectivity index (χ2n) is 2.45. The lowest BCUT2D eigenvalue weighted by Gasteiger charge is -2.04. The van der Waals surface area contributed by atoms with E-state index in [1.165, 1.54) is 6.07 Å². The highest BCUT2D eigenvalue weighted by molar-refractivity contribution is 5.26. The van der Waals surface area contributed by atoms with Crippen molar-refractivity contribution in [1.82, 2.24) is 0 Å². The second-order valence-corrected chi connectivity index (χ2v) is 2.45. The summed E-state index contributed by atoms with van der Waals surface area (Å²) in [4.78, 5) is 0. The first-order valence-corrected chi connectivity index (χ1v) is 3.57. The molecule has 0 unspecified atom stereocenters. The summed E-state index contributed by atoms with van der Waals surface area (Å²) in [7, 11) is 0. The van der Waals surface area contributed by atoms with E-state index < -0.39 is 13.0 Å². The van der Waals surface area contributed by atoms with Crippen LogP contribution >= 0.6 is 0 Å². The molecule has 1 aromatic rings. The van der Waals surface area contributed by atoms with Gasteiger partial charge in [0, 0.05) is 0 Å². The van der Waals surface area contributed by atoms with Crippen LogP contribution in [0.4, 0.5) is 8.78 Å². The van der Waals surface area contributed by atoms with Crippen LogP contribution in [0.3, 0.4) is 0 Å². The highest BCUT2D eigenvalue weighted by Crippen LogP contribution is 2.12. The van der Waals surface area contributed by atoms with Gasteiger partial charge in [-0.3, -0.25) is 0 Å². The third-order valence-electron chi connectivity index (χ3n) is 1.28. The molecule has 0 spiro atoms. The minimum absolute atomic E-state index is 0.440.